The summed E-state index contributed by atoms with van der Waals surface area (Å²) in [6.07, 6.45) is 6.97. The Hall–Kier alpha value is -3.91. The molecule has 0 radical (unpaired) electrons. The molecule has 0 aliphatic rings. The van der Waals surface area contributed by atoms with E-state index in [1.165, 1.54) is 7.11 Å². The lowest BCUT2D eigenvalue weighted by molar-refractivity contribution is -0.149. The van der Waals surface area contributed by atoms with Crippen molar-refractivity contribution in [2.24, 2.45) is 0 Å². The summed E-state index contributed by atoms with van der Waals surface area (Å²) in [5.41, 5.74) is 1.14. The molecule has 0 saturated carbocycles. The second kappa shape index (κ2) is 17.5. The van der Waals surface area contributed by atoms with Crippen molar-refractivity contribution in [3.63, 3.8) is 0 Å². The molecule has 2 N–H and O–H groups in total. The average molecular weight is 523 g/mol. The van der Waals surface area contributed by atoms with Crippen LogP contribution in [-0.2, 0) is 25.7 Å². The minimum Gasteiger partial charge on any atom is -0.493 e. The van der Waals surface area contributed by atoms with Crippen LogP contribution in [0.5, 0.6) is 5.75 Å². The van der Waals surface area contributed by atoms with Crippen molar-refractivity contribution in [3.05, 3.63) is 91.0 Å². The number of carbonyl (C=O) groups is 3. The number of nitrogens with one attached hydrogen (secondary N) is 2. The molecule has 2 atom stereocenters. The van der Waals surface area contributed by atoms with E-state index in [9.17, 15) is 14.4 Å². The molecule has 38 heavy (non-hydrogen) atoms. The third-order valence-electron chi connectivity index (χ3n) is 5.63. The van der Waals surface area contributed by atoms with Crippen molar-refractivity contribution in [1.29, 1.82) is 0 Å². The van der Waals surface area contributed by atoms with Gasteiger partial charge < -0.3 is 24.8 Å². The number of amides is 2. The van der Waals surface area contributed by atoms with Crippen LogP contribution in [0.25, 0.3) is 0 Å². The number of ether oxygens (including phenoxy) is 3. The first kappa shape index (κ1) is 30.3. The standard InChI is InChI=1S/C30H38N2O6/c1-4-6-8-14-20-37-27-19-13-12-17-24(27)28(33)32-26(22-36-3)29(34)31-25(18-7-5-2)30(35)38-21-23-15-10-9-11-16-23/h4-5,9-13,15-17,19,25-26H,1-2,6-8,14,18,20-22H2,3H3,(H,31,34)(H,32,33)/t25-,26-/m0/s1. The predicted molar refractivity (Wildman–Crippen MR) is 147 cm³/mol. The fourth-order valence-corrected chi connectivity index (χ4v) is 3.57. The van der Waals surface area contributed by atoms with Crippen LogP contribution < -0.4 is 15.4 Å². The normalized spacial score (nSPS) is 12.0. The Kier molecular flexibility index (Phi) is 14.0. The van der Waals surface area contributed by atoms with Crippen molar-refractivity contribution >= 4 is 17.8 Å². The van der Waals surface area contributed by atoms with Gasteiger partial charge in [0.1, 0.15) is 24.4 Å². The number of esters is 1. The van der Waals surface area contributed by atoms with Gasteiger partial charge in [0.2, 0.25) is 5.91 Å². The van der Waals surface area contributed by atoms with Crippen LogP contribution in [0, 0.1) is 0 Å². The summed E-state index contributed by atoms with van der Waals surface area (Å²) in [6.45, 7) is 7.85. The molecule has 0 aromatic heterocycles. The Bertz CT molecular complexity index is 1040. The SMILES string of the molecule is C=CCCCCOc1ccccc1C(=O)N[C@@H](COC)C(=O)N[C@@H](CCC=C)C(=O)OCc1ccccc1. The maximum Gasteiger partial charge on any atom is 0.328 e. The molecule has 0 saturated heterocycles. The molecule has 2 amide bonds. The lowest BCUT2D eigenvalue weighted by Crippen LogP contribution is -2.53. The van der Waals surface area contributed by atoms with Gasteiger partial charge in [-0.1, -0.05) is 54.6 Å². The maximum atomic E-state index is 13.1. The number of rotatable bonds is 18. The topological polar surface area (TPSA) is 103 Å². The zero-order valence-electron chi connectivity index (χ0n) is 22.0. The Balaban J connectivity index is 2.04. The van der Waals surface area contributed by atoms with E-state index in [-0.39, 0.29) is 13.2 Å². The van der Waals surface area contributed by atoms with Gasteiger partial charge >= 0.3 is 5.97 Å². The summed E-state index contributed by atoms with van der Waals surface area (Å²) < 4.78 is 16.4. The van der Waals surface area contributed by atoms with E-state index in [4.69, 9.17) is 14.2 Å². The molecule has 0 fully saturated rings. The monoisotopic (exact) mass is 522 g/mol. The van der Waals surface area contributed by atoms with E-state index >= 15 is 0 Å². The quantitative estimate of drug-likeness (QED) is 0.171. The van der Waals surface area contributed by atoms with Crippen LogP contribution in [-0.4, -0.2) is 50.2 Å². The number of benzene rings is 2. The van der Waals surface area contributed by atoms with E-state index in [1.807, 2.05) is 36.4 Å². The van der Waals surface area contributed by atoms with Crippen LogP contribution in [0.1, 0.15) is 48.0 Å². The number of hydrogen-bond acceptors (Lipinski definition) is 6. The van der Waals surface area contributed by atoms with Gasteiger partial charge in [0.15, 0.2) is 0 Å². The molecule has 2 aromatic rings. The van der Waals surface area contributed by atoms with Gasteiger partial charge in [0, 0.05) is 7.11 Å². The fourth-order valence-electron chi connectivity index (χ4n) is 3.57. The van der Waals surface area contributed by atoms with Gasteiger partial charge in [-0.25, -0.2) is 4.79 Å². The molecule has 0 bridgehead atoms. The van der Waals surface area contributed by atoms with E-state index in [1.54, 1.807) is 30.3 Å². The van der Waals surface area contributed by atoms with Crippen LogP contribution in [0.4, 0.5) is 0 Å². The lowest BCUT2D eigenvalue weighted by atomic mass is 10.1. The third kappa shape index (κ3) is 10.6. The molecule has 0 heterocycles. The summed E-state index contributed by atoms with van der Waals surface area (Å²) in [4.78, 5) is 39.0. The highest BCUT2D eigenvalue weighted by Gasteiger charge is 2.28. The number of allylic oxidation sites excluding steroid dienone is 2. The minimum atomic E-state index is -1.04. The second-order valence-corrected chi connectivity index (χ2v) is 8.63. The van der Waals surface area contributed by atoms with E-state index in [0.29, 0.717) is 30.8 Å². The number of methoxy groups -OCH3 is 1. The Morgan fingerprint density at radius 3 is 2.32 bits per heavy atom. The molecule has 0 aliphatic carbocycles. The molecule has 0 spiro atoms. The van der Waals surface area contributed by atoms with Gasteiger partial charge in [-0.2, -0.15) is 0 Å². The fraction of sp³-hybridized carbons (Fsp3) is 0.367. The molecule has 2 aromatic carbocycles. The number of hydrogen-bond donors (Lipinski definition) is 2. The van der Waals surface area contributed by atoms with Gasteiger partial charge in [-0.15, -0.1) is 13.2 Å². The Labute approximate surface area is 225 Å². The summed E-state index contributed by atoms with van der Waals surface area (Å²) >= 11 is 0. The zero-order chi connectivity index (χ0) is 27.6. The third-order valence-corrected chi connectivity index (χ3v) is 5.63. The van der Waals surface area contributed by atoms with E-state index < -0.39 is 29.9 Å². The first-order valence-corrected chi connectivity index (χ1v) is 12.7. The van der Waals surface area contributed by atoms with E-state index in [2.05, 4.69) is 23.8 Å². The Morgan fingerprint density at radius 1 is 0.895 bits per heavy atom. The highest BCUT2D eigenvalue weighted by molar-refractivity contribution is 6.00. The van der Waals surface area contributed by atoms with Crippen LogP contribution >= 0.6 is 0 Å². The second-order valence-electron chi connectivity index (χ2n) is 8.63. The molecule has 204 valence electrons. The Morgan fingerprint density at radius 2 is 1.61 bits per heavy atom. The van der Waals surface area contributed by atoms with Crippen LogP contribution in [0.15, 0.2) is 79.9 Å². The first-order chi connectivity index (χ1) is 18.5. The van der Waals surface area contributed by atoms with Crippen molar-refractivity contribution in [2.75, 3.05) is 20.3 Å². The van der Waals surface area contributed by atoms with Gasteiger partial charge in [-0.3, -0.25) is 9.59 Å². The van der Waals surface area contributed by atoms with Gasteiger partial charge in [-0.05, 0) is 49.8 Å². The summed E-state index contributed by atoms with van der Waals surface area (Å²) in [5, 5.41) is 5.40. The summed E-state index contributed by atoms with van der Waals surface area (Å²) in [6, 6.07) is 14.2. The van der Waals surface area contributed by atoms with Crippen molar-refractivity contribution in [2.45, 2.75) is 50.8 Å². The number of unbranched alkanes of at least 4 members (excludes halogenated alkanes) is 2. The van der Waals surface area contributed by atoms with Crippen LogP contribution in [0.3, 0.4) is 0 Å². The molecule has 0 aliphatic heterocycles. The maximum absolute atomic E-state index is 13.1. The van der Waals surface area contributed by atoms with Crippen LogP contribution in [0.2, 0.25) is 0 Å². The highest BCUT2D eigenvalue weighted by Crippen LogP contribution is 2.19. The largest absolute Gasteiger partial charge is 0.493 e. The molecular weight excluding hydrogens is 484 g/mol. The smallest absolute Gasteiger partial charge is 0.328 e. The van der Waals surface area contributed by atoms with Crippen molar-refractivity contribution < 1.29 is 28.6 Å². The number of para-hydroxylation sites is 1. The molecule has 8 nitrogen and oxygen atoms in total. The predicted octanol–water partition coefficient (Wildman–Crippen LogP) is 4.36. The highest BCUT2D eigenvalue weighted by atomic mass is 16.5. The average Bonchev–Trinajstić information content (AvgIpc) is 2.94. The minimum absolute atomic E-state index is 0.0861. The zero-order valence-corrected chi connectivity index (χ0v) is 22.0. The first-order valence-electron chi connectivity index (χ1n) is 12.7. The molecular formula is C30H38N2O6. The summed E-state index contributed by atoms with van der Waals surface area (Å²) in [5.74, 6) is -1.19. The lowest BCUT2D eigenvalue weighted by Gasteiger charge is -2.22. The number of carbonyl (C=O) groups excluding carboxylic acids is 3. The van der Waals surface area contributed by atoms with Crippen molar-refractivity contribution in [3.8, 4) is 5.75 Å². The molecule has 2 rings (SSSR count). The molecule has 8 heteroatoms. The summed E-state index contributed by atoms with van der Waals surface area (Å²) in [7, 11) is 1.43. The van der Waals surface area contributed by atoms with Crippen molar-refractivity contribution in [1.82, 2.24) is 10.6 Å². The van der Waals surface area contributed by atoms with E-state index in [0.717, 1.165) is 24.8 Å². The molecule has 0 unspecified atom stereocenters. The van der Waals surface area contributed by atoms with Gasteiger partial charge in [0.05, 0.1) is 18.8 Å². The van der Waals surface area contributed by atoms with Gasteiger partial charge in [0.25, 0.3) is 5.91 Å².